The molecule has 0 spiro atoms. The molecule has 0 radical (unpaired) electrons. The van der Waals surface area contributed by atoms with E-state index < -0.39 is 0 Å². The second kappa shape index (κ2) is 8.58. The summed E-state index contributed by atoms with van der Waals surface area (Å²) in [7, 11) is 0. The Morgan fingerprint density at radius 1 is 0.767 bits per heavy atom. The molecule has 0 unspecified atom stereocenters. The number of pyridine rings is 2. The summed E-state index contributed by atoms with van der Waals surface area (Å²) in [6.07, 6.45) is 0. The van der Waals surface area contributed by atoms with Crippen LogP contribution in [0.4, 0.5) is 0 Å². The van der Waals surface area contributed by atoms with Crippen molar-refractivity contribution in [3.8, 4) is 0 Å². The molecule has 0 atom stereocenters. The highest BCUT2D eigenvalue weighted by atomic mass is 35.5. The fraction of sp³-hybridized carbons (Fsp3) is 0.250. The second-order valence-corrected chi connectivity index (χ2v) is 8.86. The summed E-state index contributed by atoms with van der Waals surface area (Å²) in [5, 5.41) is 3.66. The van der Waals surface area contributed by atoms with Crippen molar-refractivity contribution >= 4 is 56.6 Å². The van der Waals surface area contributed by atoms with Gasteiger partial charge in [0.15, 0.2) is 5.43 Å². The molecule has 4 aromatic rings. The van der Waals surface area contributed by atoms with Gasteiger partial charge in [0.05, 0.1) is 16.1 Å². The highest BCUT2D eigenvalue weighted by molar-refractivity contribution is 6.37. The monoisotopic (exact) mass is 460 g/mol. The van der Waals surface area contributed by atoms with Crippen molar-refractivity contribution in [3.63, 3.8) is 0 Å². The highest BCUT2D eigenvalue weighted by Gasteiger charge is 2.10. The van der Waals surface area contributed by atoms with Crippen molar-refractivity contribution in [2.75, 3.05) is 0 Å². The van der Waals surface area contributed by atoms with E-state index in [1.165, 1.54) is 0 Å². The number of benzene rings is 2. The number of hydrogen-bond donors (Lipinski definition) is 1. The van der Waals surface area contributed by atoms with E-state index in [1.807, 2.05) is 59.7 Å². The molecule has 0 aliphatic heterocycles. The van der Waals surface area contributed by atoms with E-state index in [2.05, 4.69) is 9.97 Å². The van der Waals surface area contributed by atoms with Crippen LogP contribution < -0.4 is 5.43 Å². The smallest absolute Gasteiger partial charge is 0.192 e. The molecule has 4 rings (SSSR count). The molecule has 2 aromatic heterocycles. The van der Waals surface area contributed by atoms with Gasteiger partial charge in [0.2, 0.25) is 0 Å². The molecule has 0 amide bonds. The SMILES string of the molecule is Cc1[nH]c2c(C)cc(Cl)cc2c(=O)c1C.Cc1nc2c(C)cc(Cl)cc2c(Cl)c1C. The molecule has 2 heterocycles. The highest BCUT2D eigenvalue weighted by Crippen LogP contribution is 2.31. The standard InChI is InChI=1S/C12H11Cl2N.C12H12ClNO/c1-6-4-9(13)5-10-11(14)7(2)8(3)15-12(6)10;1-6-4-9(13)5-10-11(6)14-8(3)7(2)12(10)15/h4-5H,1-3H3;4-5H,1-3H3,(H,14,15). The third kappa shape index (κ3) is 4.20. The lowest BCUT2D eigenvalue weighted by Gasteiger charge is -2.09. The molecular weight excluding hydrogens is 439 g/mol. The van der Waals surface area contributed by atoms with E-state index in [-0.39, 0.29) is 5.43 Å². The summed E-state index contributed by atoms with van der Waals surface area (Å²) < 4.78 is 0. The molecule has 6 heteroatoms. The maximum absolute atomic E-state index is 12.0. The predicted molar refractivity (Wildman–Crippen MR) is 130 cm³/mol. The van der Waals surface area contributed by atoms with E-state index >= 15 is 0 Å². The molecule has 0 aliphatic carbocycles. The molecule has 2 aromatic carbocycles. The van der Waals surface area contributed by atoms with Gasteiger partial charge in [0, 0.05) is 37.8 Å². The van der Waals surface area contributed by atoms with Gasteiger partial charge in [-0.1, -0.05) is 34.8 Å². The van der Waals surface area contributed by atoms with Crippen molar-refractivity contribution in [1.29, 1.82) is 0 Å². The number of hydrogen-bond acceptors (Lipinski definition) is 2. The molecule has 3 nitrogen and oxygen atoms in total. The second-order valence-electron chi connectivity index (χ2n) is 7.60. The third-order valence-corrected chi connectivity index (χ3v) is 6.34. The molecule has 0 saturated heterocycles. The van der Waals surface area contributed by atoms with Gasteiger partial charge in [-0.3, -0.25) is 9.78 Å². The Morgan fingerprint density at radius 3 is 1.97 bits per heavy atom. The zero-order valence-electron chi connectivity index (χ0n) is 17.8. The number of nitrogens with zero attached hydrogens (tertiary/aromatic N) is 1. The van der Waals surface area contributed by atoms with Crippen molar-refractivity contribution < 1.29 is 0 Å². The first-order valence-corrected chi connectivity index (χ1v) is 10.7. The van der Waals surface area contributed by atoms with Crippen LogP contribution in [0.15, 0.2) is 29.1 Å². The molecular formula is C24H23Cl3N2O. The van der Waals surface area contributed by atoms with Crippen LogP contribution in [0, 0.1) is 41.5 Å². The van der Waals surface area contributed by atoms with Crippen molar-refractivity contribution in [1.82, 2.24) is 9.97 Å². The van der Waals surface area contributed by atoms with Gasteiger partial charge in [-0.15, -0.1) is 0 Å². The summed E-state index contributed by atoms with van der Waals surface area (Å²) in [5.41, 5.74) is 7.60. The van der Waals surface area contributed by atoms with Gasteiger partial charge >= 0.3 is 0 Å². The minimum Gasteiger partial charge on any atom is -0.358 e. The Hall–Kier alpha value is -2.07. The predicted octanol–water partition coefficient (Wildman–Crippen LogP) is 7.57. The largest absolute Gasteiger partial charge is 0.358 e. The first-order chi connectivity index (χ1) is 14.0. The molecule has 0 aliphatic rings. The van der Waals surface area contributed by atoms with E-state index in [0.717, 1.165) is 55.1 Å². The molecule has 0 fully saturated rings. The number of aromatic nitrogens is 2. The van der Waals surface area contributed by atoms with Gasteiger partial charge in [0.25, 0.3) is 0 Å². The molecule has 0 bridgehead atoms. The lowest BCUT2D eigenvalue weighted by atomic mass is 10.1. The van der Waals surface area contributed by atoms with E-state index in [1.54, 1.807) is 6.07 Å². The fourth-order valence-electron chi connectivity index (χ4n) is 3.41. The minimum atomic E-state index is 0.0619. The molecule has 30 heavy (non-hydrogen) atoms. The van der Waals surface area contributed by atoms with Crippen LogP contribution in [-0.2, 0) is 0 Å². The molecule has 156 valence electrons. The summed E-state index contributed by atoms with van der Waals surface area (Å²) in [6.45, 7) is 11.6. The van der Waals surface area contributed by atoms with Crippen LogP contribution in [0.2, 0.25) is 15.1 Å². The average molecular weight is 462 g/mol. The van der Waals surface area contributed by atoms with E-state index in [4.69, 9.17) is 34.8 Å². The Labute approximate surface area is 191 Å². The minimum absolute atomic E-state index is 0.0619. The van der Waals surface area contributed by atoms with Crippen LogP contribution in [-0.4, -0.2) is 9.97 Å². The topological polar surface area (TPSA) is 45.8 Å². The third-order valence-electron chi connectivity index (χ3n) is 5.41. The van der Waals surface area contributed by atoms with Gasteiger partial charge in [-0.2, -0.15) is 0 Å². The van der Waals surface area contributed by atoms with Crippen LogP contribution in [0.25, 0.3) is 21.8 Å². The molecule has 0 saturated carbocycles. The van der Waals surface area contributed by atoms with Gasteiger partial charge in [0.1, 0.15) is 0 Å². The van der Waals surface area contributed by atoms with Crippen molar-refractivity contribution in [2.24, 2.45) is 0 Å². The number of halogens is 3. The number of rotatable bonds is 0. The maximum atomic E-state index is 12.0. The maximum Gasteiger partial charge on any atom is 0.192 e. The number of nitrogens with one attached hydrogen (secondary N) is 1. The van der Waals surface area contributed by atoms with Gasteiger partial charge in [-0.05, 0) is 82.5 Å². The lowest BCUT2D eigenvalue weighted by Crippen LogP contribution is -2.10. The van der Waals surface area contributed by atoms with Crippen LogP contribution in [0.1, 0.15) is 33.6 Å². The van der Waals surface area contributed by atoms with E-state index in [9.17, 15) is 4.79 Å². The van der Waals surface area contributed by atoms with Crippen LogP contribution in [0.5, 0.6) is 0 Å². The zero-order valence-corrected chi connectivity index (χ0v) is 20.1. The first kappa shape index (κ1) is 22.6. The summed E-state index contributed by atoms with van der Waals surface area (Å²) in [4.78, 5) is 19.7. The Bertz CT molecular complexity index is 1360. The van der Waals surface area contributed by atoms with Crippen LogP contribution >= 0.6 is 34.8 Å². The fourth-order valence-corrected chi connectivity index (χ4v) is 4.23. The Kier molecular flexibility index (Phi) is 6.47. The first-order valence-electron chi connectivity index (χ1n) is 9.53. The number of aromatic amines is 1. The number of aryl methyl sites for hydroxylation is 4. The zero-order chi connectivity index (χ0) is 22.3. The van der Waals surface area contributed by atoms with Crippen molar-refractivity contribution in [2.45, 2.75) is 41.5 Å². The molecule has 1 N–H and O–H groups in total. The summed E-state index contributed by atoms with van der Waals surface area (Å²) in [6, 6.07) is 7.34. The van der Waals surface area contributed by atoms with Gasteiger partial charge in [-0.25, -0.2) is 0 Å². The Balaban J connectivity index is 0.000000171. The average Bonchev–Trinajstić information content (AvgIpc) is 2.67. The van der Waals surface area contributed by atoms with Crippen LogP contribution in [0.3, 0.4) is 0 Å². The number of H-pyrrole nitrogens is 1. The normalized spacial score (nSPS) is 11.0. The van der Waals surface area contributed by atoms with Crippen molar-refractivity contribution in [3.05, 3.63) is 83.2 Å². The van der Waals surface area contributed by atoms with Gasteiger partial charge < -0.3 is 4.98 Å². The summed E-state index contributed by atoms with van der Waals surface area (Å²) >= 11 is 18.2. The lowest BCUT2D eigenvalue weighted by molar-refractivity contribution is 1.17. The van der Waals surface area contributed by atoms with E-state index in [0.29, 0.717) is 15.4 Å². The quantitative estimate of drug-likeness (QED) is 0.293. The Morgan fingerprint density at radius 2 is 1.33 bits per heavy atom. The number of fused-ring (bicyclic) bond motifs is 2. The summed E-state index contributed by atoms with van der Waals surface area (Å²) in [5.74, 6) is 0.